The Bertz CT molecular complexity index is 822. The molecule has 3 rings (SSSR count). The SMILES string of the molecule is Cc1ccccc1OCC(=O)NCc1cc(-c2ccco2)n(C)n1. The number of hydrogen-bond donors (Lipinski definition) is 1. The van der Waals surface area contributed by atoms with Gasteiger partial charge in [0.15, 0.2) is 12.4 Å². The minimum Gasteiger partial charge on any atom is -0.484 e. The first-order chi connectivity index (χ1) is 11.6. The Hall–Kier alpha value is -3.02. The molecule has 0 aliphatic heterocycles. The van der Waals surface area contributed by atoms with Crippen molar-refractivity contribution in [3.05, 3.63) is 60.0 Å². The fourth-order valence-electron chi connectivity index (χ4n) is 2.37. The Morgan fingerprint density at radius 1 is 1.29 bits per heavy atom. The number of nitrogens with one attached hydrogen (secondary N) is 1. The Labute approximate surface area is 140 Å². The lowest BCUT2D eigenvalue weighted by Gasteiger charge is -2.08. The van der Waals surface area contributed by atoms with Gasteiger partial charge in [0, 0.05) is 7.05 Å². The predicted molar refractivity (Wildman–Crippen MR) is 89.4 cm³/mol. The number of aromatic nitrogens is 2. The summed E-state index contributed by atoms with van der Waals surface area (Å²) >= 11 is 0. The summed E-state index contributed by atoms with van der Waals surface area (Å²) in [5.41, 5.74) is 2.62. The fraction of sp³-hybridized carbons (Fsp3) is 0.222. The average molecular weight is 325 g/mol. The molecule has 0 atom stereocenters. The van der Waals surface area contributed by atoms with Crippen molar-refractivity contribution >= 4 is 5.91 Å². The molecule has 0 aliphatic rings. The molecule has 2 aromatic heterocycles. The van der Waals surface area contributed by atoms with E-state index in [4.69, 9.17) is 9.15 Å². The van der Waals surface area contributed by atoms with E-state index < -0.39 is 0 Å². The van der Waals surface area contributed by atoms with Gasteiger partial charge >= 0.3 is 0 Å². The number of benzene rings is 1. The quantitative estimate of drug-likeness (QED) is 0.756. The maximum absolute atomic E-state index is 11.9. The molecule has 0 radical (unpaired) electrons. The zero-order chi connectivity index (χ0) is 16.9. The number of para-hydroxylation sites is 1. The normalized spacial score (nSPS) is 10.6. The van der Waals surface area contributed by atoms with E-state index in [1.807, 2.05) is 56.4 Å². The molecule has 3 aromatic rings. The van der Waals surface area contributed by atoms with Crippen molar-refractivity contribution in [2.24, 2.45) is 7.05 Å². The molecular weight excluding hydrogens is 306 g/mol. The Morgan fingerprint density at radius 2 is 2.12 bits per heavy atom. The van der Waals surface area contributed by atoms with E-state index >= 15 is 0 Å². The Morgan fingerprint density at radius 3 is 2.88 bits per heavy atom. The van der Waals surface area contributed by atoms with Crippen LogP contribution < -0.4 is 10.1 Å². The lowest BCUT2D eigenvalue weighted by molar-refractivity contribution is -0.123. The summed E-state index contributed by atoms with van der Waals surface area (Å²) in [6, 6.07) is 13.2. The molecular formula is C18H19N3O3. The molecule has 0 bridgehead atoms. The standard InChI is InChI=1S/C18H19N3O3/c1-13-6-3-4-7-16(13)24-12-18(22)19-11-14-10-15(21(2)20-14)17-8-5-9-23-17/h3-10H,11-12H2,1-2H3,(H,19,22). The zero-order valence-electron chi connectivity index (χ0n) is 13.7. The third kappa shape index (κ3) is 3.65. The molecule has 0 fully saturated rings. The number of hydrogen-bond acceptors (Lipinski definition) is 4. The van der Waals surface area contributed by atoms with Gasteiger partial charge in [-0.25, -0.2) is 0 Å². The molecule has 0 unspecified atom stereocenters. The Kier molecular flexibility index (Phi) is 4.65. The van der Waals surface area contributed by atoms with Crippen LogP contribution in [0.25, 0.3) is 11.5 Å². The van der Waals surface area contributed by atoms with Gasteiger partial charge in [-0.2, -0.15) is 5.10 Å². The summed E-state index contributed by atoms with van der Waals surface area (Å²) < 4.78 is 12.6. The molecule has 1 amide bonds. The highest BCUT2D eigenvalue weighted by Gasteiger charge is 2.11. The lowest BCUT2D eigenvalue weighted by Crippen LogP contribution is -2.28. The monoisotopic (exact) mass is 325 g/mol. The highest BCUT2D eigenvalue weighted by molar-refractivity contribution is 5.77. The van der Waals surface area contributed by atoms with Gasteiger partial charge in [0.2, 0.25) is 0 Å². The summed E-state index contributed by atoms with van der Waals surface area (Å²) in [6.45, 7) is 2.25. The van der Waals surface area contributed by atoms with Crippen LogP contribution in [0.3, 0.4) is 0 Å². The number of furan rings is 1. The lowest BCUT2D eigenvalue weighted by atomic mass is 10.2. The molecule has 6 heteroatoms. The number of carbonyl (C=O) groups is 1. The predicted octanol–water partition coefficient (Wildman–Crippen LogP) is 2.68. The van der Waals surface area contributed by atoms with Crippen LogP contribution in [-0.2, 0) is 18.4 Å². The molecule has 0 saturated heterocycles. The van der Waals surface area contributed by atoms with Gasteiger partial charge in [0.05, 0.1) is 18.5 Å². The second-order valence-electron chi connectivity index (χ2n) is 5.45. The van der Waals surface area contributed by atoms with Crippen molar-refractivity contribution in [2.75, 3.05) is 6.61 Å². The van der Waals surface area contributed by atoms with Crippen LogP contribution in [0.15, 0.2) is 53.1 Å². The van der Waals surface area contributed by atoms with E-state index in [0.29, 0.717) is 12.3 Å². The van der Waals surface area contributed by atoms with Crippen LogP contribution in [0.1, 0.15) is 11.3 Å². The maximum Gasteiger partial charge on any atom is 0.258 e. The van der Waals surface area contributed by atoms with E-state index in [2.05, 4.69) is 10.4 Å². The first-order valence-corrected chi connectivity index (χ1v) is 7.65. The topological polar surface area (TPSA) is 69.3 Å². The van der Waals surface area contributed by atoms with Crippen LogP contribution in [0.2, 0.25) is 0 Å². The number of carbonyl (C=O) groups excluding carboxylic acids is 1. The minimum atomic E-state index is -0.191. The highest BCUT2D eigenvalue weighted by atomic mass is 16.5. The van der Waals surface area contributed by atoms with E-state index in [-0.39, 0.29) is 12.5 Å². The molecule has 124 valence electrons. The van der Waals surface area contributed by atoms with Gasteiger partial charge in [-0.1, -0.05) is 18.2 Å². The third-order valence-electron chi connectivity index (χ3n) is 3.62. The van der Waals surface area contributed by atoms with Gasteiger partial charge < -0.3 is 14.5 Å². The van der Waals surface area contributed by atoms with E-state index in [1.165, 1.54) is 0 Å². The third-order valence-corrected chi connectivity index (χ3v) is 3.62. The van der Waals surface area contributed by atoms with Crippen LogP contribution in [0, 0.1) is 6.92 Å². The van der Waals surface area contributed by atoms with Crippen LogP contribution in [0.4, 0.5) is 0 Å². The first-order valence-electron chi connectivity index (χ1n) is 7.65. The number of aryl methyl sites for hydroxylation is 2. The largest absolute Gasteiger partial charge is 0.484 e. The molecule has 1 N–H and O–H groups in total. The van der Waals surface area contributed by atoms with Crippen molar-refractivity contribution in [1.29, 1.82) is 0 Å². The average Bonchev–Trinajstić information content (AvgIpc) is 3.21. The van der Waals surface area contributed by atoms with Gasteiger partial charge in [-0.15, -0.1) is 0 Å². The minimum absolute atomic E-state index is 0.0251. The summed E-state index contributed by atoms with van der Waals surface area (Å²) in [5, 5.41) is 7.18. The van der Waals surface area contributed by atoms with E-state index in [1.54, 1.807) is 10.9 Å². The van der Waals surface area contributed by atoms with Crippen LogP contribution in [-0.4, -0.2) is 22.3 Å². The van der Waals surface area contributed by atoms with Gasteiger partial charge in [0.25, 0.3) is 5.91 Å². The molecule has 1 aromatic carbocycles. The summed E-state index contributed by atoms with van der Waals surface area (Å²) in [4.78, 5) is 11.9. The second kappa shape index (κ2) is 7.04. The van der Waals surface area contributed by atoms with E-state index in [0.717, 1.165) is 22.7 Å². The van der Waals surface area contributed by atoms with Crippen molar-refractivity contribution in [1.82, 2.24) is 15.1 Å². The zero-order valence-corrected chi connectivity index (χ0v) is 13.7. The molecule has 6 nitrogen and oxygen atoms in total. The van der Waals surface area contributed by atoms with Gasteiger partial charge in [-0.3, -0.25) is 9.48 Å². The summed E-state index contributed by atoms with van der Waals surface area (Å²) in [7, 11) is 1.84. The van der Waals surface area contributed by atoms with Crippen molar-refractivity contribution in [2.45, 2.75) is 13.5 Å². The maximum atomic E-state index is 11.9. The molecule has 0 spiro atoms. The first kappa shape index (κ1) is 15.9. The van der Waals surface area contributed by atoms with Gasteiger partial charge in [0.1, 0.15) is 11.4 Å². The summed E-state index contributed by atoms with van der Waals surface area (Å²) in [5.74, 6) is 1.26. The van der Waals surface area contributed by atoms with Crippen molar-refractivity contribution < 1.29 is 13.9 Å². The van der Waals surface area contributed by atoms with Crippen molar-refractivity contribution in [3.63, 3.8) is 0 Å². The molecule has 0 aliphatic carbocycles. The Balaban J connectivity index is 1.53. The second-order valence-corrected chi connectivity index (χ2v) is 5.45. The van der Waals surface area contributed by atoms with E-state index in [9.17, 15) is 4.79 Å². The molecule has 2 heterocycles. The molecule has 0 saturated carbocycles. The van der Waals surface area contributed by atoms with Crippen LogP contribution >= 0.6 is 0 Å². The molecule has 24 heavy (non-hydrogen) atoms. The highest BCUT2D eigenvalue weighted by Crippen LogP contribution is 2.20. The number of rotatable bonds is 6. The summed E-state index contributed by atoms with van der Waals surface area (Å²) in [6.07, 6.45) is 1.62. The number of ether oxygens (including phenoxy) is 1. The van der Waals surface area contributed by atoms with Gasteiger partial charge in [-0.05, 0) is 36.8 Å². The number of nitrogens with zero attached hydrogens (tertiary/aromatic N) is 2. The number of amides is 1. The fourth-order valence-corrected chi connectivity index (χ4v) is 2.37. The van der Waals surface area contributed by atoms with Crippen LogP contribution in [0.5, 0.6) is 5.75 Å². The van der Waals surface area contributed by atoms with Crippen molar-refractivity contribution in [3.8, 4) is 17.2 Å². The smallest absolute Gasteiger partial charge is 0.258 e.